The molecule has 0 radical (unpaired) electrons. The largest absolute Gasteiger partial charge is 0.355 e. The number of amides is 2. The number of likely N-dealkylation sites (N-methyl/N-ethyl adjacent to an activating group) is 1. The highest BCUT2D eigenvalue weighted by Crippen LogP contribution is 2.17. The van der Waals surface area contributed by atoms with Crippen molar-refractivity contribution in [1.82, 2.24) is 15.5 Å². The van der Waals surface area contributed by atoms with Crippen LogP contribution in [0.15, 0.2) is 42.5 Å². The molecular formula is C20H23F2N3O2. The van der Waals surface area contributed by atoms with E-state index < -0.39 is 17.7 Å². The number of hydrogen-bond donors (Lipinski definition) is 2. The molecule has 2 aromatic rings. The van der Waals surface area contributed by atoms with Crippen LogP contribution >= 0.6 is 0 Å². The van der Waals surface area contributed by atoms with Gasteiger partial charge in [0.2, 0.25) is 5.91 Å². The fourth-order valence-corrected chi connectivity index (χ4v) is 2.74. The molecule has 144 valence electrons. The van der Waals surface area contributed by atoms with Gasteiger partial charge in [-0.15, -0.1) is 0 Å². The zero-order valence-electron chi connectivity index (χ0n) is 15.6. The molecule has 0 saturated heterocycles. The molecule has 0 unspecified atom stereocenters. The minimum Gasteiger partial charge on any atom is -0.355 e. The van der Waals surface area contributed by atoms with Crippen molar-refractivity contribution < 1.29 is 18.4 Å². The Morgan fingerprint density at radius 3 is 2.37 bits per heavy atom. The van der Waals surface area contributed by atoms with E-state index in [0.29, 0.717) is 12.1 Å². The lowest BCUT2D eigenvalue weighted by molar-refractivity contribution is -0.122. The summed E-state index contributed by atoms with van der Waals surface area (Å²) in [5.41, 5.74) is 1.75. The Hall–Kier alpha value is -2.80. The van der Waals surface area contributed by atoms with Crippen LogP contribution in [0.4, 0.5) is 8.78 Å². The molecule has 0 bridgehead atoms. The number of nitrogens with one attached hydrogen (secondary N) is 2. The van der Waals surface area contributed by atoms with Gasteiger partial charge in [-0.2, -0.15) is 0 Å². The van der Waals surface area contributed by atoms with Crippen molar-refractivity contribution >= 4 is 11.8 Å². The zero-order chi connectivity index (χ0) is 20.0. The van der Waals surface area contributed by atoms with Crippen molar-refractivity contribution in [2.24, 2.45) is 0 Å². The molecule has 27 heavy (non-hydrogen) atoms. The number of hydrogen-bond acceptors (Lipinski definition) is 3. The number of carbonyl (C=O) groups is 2. The first-order valence-corrected chi connectivity index (χ1v) is 8.54. The molecule has 0 heterocycles. The summed E-state index contributed by atoms with van der Waals surface area (Å²) < 4.78 is 26.8. The average molecular weight is 375 g/mol. The molecule has 0 aromatic heterocycles. The van der Waals surface area contributed by atoms with Crippen LogP contribution in [0.1, 0.15) is 34.5 Å². The van der Waals surface area contributed by atoms with Crippen LogP contribution in [-0.4, -0.2) is 37.4 Å². The molecule has 0 aliphatic heterocycles. The van der Waals surface area contributed by atoms with Gasteiger partial charge in [0.1, 0.15) is 11.6 Å². The fourth-order valence-electron chi connectivity index (χ4n) is 2.74. The molecule has 0 aliphatic rings. The normalized spacial score (nSPS) is 11.9. The summed E-state index contributed by atoms with van der Waals surface area (Å²) in [6.07, 6.45) is 0. The van der Waals surface area contributed by atoms with E-state index in [0.717, 1.165) is 17.7 Å². The summed E-state index contributed by atoms with van der Waals surface area (Å²) in [6, 6.07) is 9.82. The molecule has 2 rings (SSSR count). The van der Waals surface area contributed by atoms with Gasteiger partial charge in [-0.3, -0.25) is 14.5 Å². The van der Waals surface area contributed by atoms with E-state index in [-0.39, 0.29) is 23.9 Å². The van der Waals surface area contributed by atoms with Crippen LogP contribution in [-0.2, 0) is 11.3 Å². The summed E-state index contributed by atoms with van der Waals surface area (Å²) in [5.74, 6) is -1.77. The van der Waals surface area contributed by atoms with Crippen LogP contribution in [0.3, 0.4) is 0 Å². The molecule has 0 spiro atoms. The van der Waals surface area contributed by atoms with Crippen LogP contribution in [0, 0.1) is 11.6 Å². The molecule has 2 amide bonds. The van der Waals surface area contributed by atoms with Crippen LogP contribution in [0.5, 0.6) is 0 Å². The van der Waals surface area contributed by atoms with E-state index >= 15 is 0 Å². The highest BCUT2D eigenvalue weighted by atomic mass is 19.1. The van der Waals surface area contributed by atoms with Crippen molar-refractivity contribution in [3.63, 3.8) is 0 Å². The van der Waals surface area contributed by atoms with Crippen molar-refractivity contribution in [2.75, 3.05) is 20.6 Å². The molecule has 0 saturated carbocycles. The van der Waals surface area contributed by atoms with Gasteiger partial charge in [0, 0.05) is 30.8 Å². The maximum atomic E-state index is 13.8. The monoisotopic (exact) mass is 375 g/mol. The predicted octanol–water partition coefficient (Wildman–Crippen LogP) is 2.63. The minimum absolute atomic E-state index is 0.115. The highest BCUT2D eigenvalue weighted by Gasteiger charge is 2.15. The van der Waals surface area contributed by atoms with Gasteiger partial charge in [-0.1, -0.05) is 18.2 Å². The highest BCUT2D eigenvalue weighted by molar-refractivity contribution is 5.93. The van der Waals surface area contributed by atoms with Crippen molar-refractivity contribution in [3.8, 4) is 0 Å². The molecule has 0 aliphatic carbocycles. The Kier molecular flexibility index (Phi) is 7.01. The quantitative estimate of drug-likeness (QED) is 0.782. The number of rotatable bonds is 7. The maximum absolute atomic E-state index is 13.8. The summed E-state index contributed by atoms with van der Waals surface area (Å²) in [6.45, 7) is 2.27. The Labute approximate surface area is 157 Å². The summed E-state index contributed by atoms with van der Waals surface area (Å²) in [5, 5.41) is 5.27. The van der Waals surface area contributed by atoms with E-state index in [1.165, 1.54) is 6.07 Å². The molecule has 0 fully saturated rings. The third-order valence-corrected chi connectivity index (χ3v) is 4.12. The van der Waals surface area contributed by atoms with E-state index in [4.69, 9.17) is 0 Å². The maximum Gasteiger partial charge on any atom is 0.251 e. The molecule has 7 heteroatoms. The predicted molar refractivity (Wildman–Crippen MR) is 99.1 cm³/mol. The van der Waals surface area contributed by atoms with Gasteiger partial charge in [0.15, 0.2) is 0 Å². The van der Waals surface area contributed by atoms with E-state index in [1.807, 2.05) is 12.1 Å². The summed E-state index contributed by atoms with van der Waals surface area (Å²) in [7, 11) is 3.36. The molecule has 5 nitrogen and oxygen atoms in total. The lowest BCUT2D eigenvalue weighted by Gasteiger charge is -2.19. The second-order valence-corrected chi connectivity index (χ2v) is 6.40. The smallest absolute Gasteiger partial charge is 0.251 e. The van der Waals surface area contributed by atoms with Crippen molar-refractivity contribution in [3.05, 3.63) is 70.8 Å². The van der Waals surface area contributed by atoms with Gasteiger partial charge in [0.25, 0.3) is 5.91 Å². The SMILES string of the molecule is CNC(=O)c1ccc(CN(C)CC(=O)N[C@@H](C)c2ccc(F)cc2F)cc1. The lowest BCUT2D eigenvalue weighted by Crippen LogP contribution is -2.36. The molecule has 2 N–H and O–H groups in total. The van der Waals surface area contributed by atoms with Crippen LogP contribution in [0.25, 0.3) is 0 Å². The third-order valence-electron chi connectivity index (χ3n) is 4.12. The molecule has 2 aromatic carbocycles. The van der Waals surface area contributed by atoms with Gasteiger partial charge >= 0.3 is 0 Å². The van der Waals surface area contributed by atoms with Crippen molar-refractivity contribution in [1.29, 1.82) is 0 Å². The van der Waals surface area contributed by atoms with Gasteiger partial charge in [-0.05, 0) is 37.7 Å². The minimum atomic E-state index is -0.688. The third kappa shape index (κ3) is 5.86. The van der Waals surface area contributed by atoms with E-state index in [1.54, 1.807) is 38.1 Å². The standard InChI is InChI=1S/C20H23F2N3O2/c1-13(17-9-8-16(21)10-18(17)22)24-19(26)12-25(3)11-14-4-6-15(7-5-14)20(27)23-2/h4-10,13H,11-12H2,1-3H3,(H,23,27)(H,24,26)/t13-/m0/s1. The number of halogens is 2. The van der Waals surface area contributed by atoms with Crippen LogP contribution in [0.2, 0.25) is 0 Å². The topological polar surface area (TPSA) is 61.4 Å². The Balaban J connectivity index is 1.88. The molecular weight excluding hydrogens is 352 g/mol. The Morgan fingerprint density at radius 2 is 1.78 bits per heavy atom. The van der Waals surface area contributed by atoms with Crippen LogP contribution < -0.4 is 10.6 Å². The first-order valence-electron chi connectivity index (χ1n) is 8.54. The zero-order valence-corrected chi connectivity index (χ0v) is 15.6. The van der Waals surface area contributed by atoms with E-state index in [2.05, 4.69) is 10.6 Å². The van der Waals surface area contributed by atoms with Gasteiger partial charge in [0.05, 0.1) is 12.6 Å². The Morgan fingerprint density at radius 1 is 1.11 bits per heavy atom. The summed E-state index contributed by atoms with van der Waals surface area (Å²) >= 11 is 0. The Bertz CT molecular complexity index is 809. The lowest BCUT2D eigenvalue weighted by atomic mass is 10.1. The van der Waals surface area contributed by atoms with Crippen molar-refractivity contribution in [2.45, 2.75) is 19.5 Å². The second-order valence-electron chi connectivity index (χ2n) is 6.40. The molecule has 1 atom stereocenters. The number of carbonyl (C=O) groups excluding carboxylic acids is 2. The van der Waals surface area contributed by atoms with Gasteiger partial charge in [-0.25, -0.2) is 8.78 Å². The second kappa shape index (κ2) is 9.23. The first kappa shape index (κ1) is 20.5. The number of nitrogens with zero attached hydrogens (tertiary/aromatic N) is 1. The average Bonchev–Trinajstić information content (AvgIpc) is 2.61. The fraction of sp³-hybridized carbons (Fsp3) is 0.300. The number of benzene rings is 2. The van der Waals surface area contributed by atoms with E-state index in [9.17, 15) is 18.4 Å². The first-order chi connectivity index (χ1) is 12.8. The summed E-state index contributed by atoms with van der Waals surface area (Å²) in [4.78, 5) is 25.5. The van der Waals surface area contributed by atoms with Gasteiger partial charge < -0.3 is 10.6 Å².